The van der Waals surface area contributed by atoms with Gasteiger partial charge in [0, 0.05) is 19.4 Å². The lowest BCUT2D eigenvalue weighted by atomic mass is 10.1. The molecule has 0 aliphatic rings. The third kappa shape index (κ3) is 3.16. The molecular weight excluding hydrogens is 246 g/mol. The third-order valence-corrected chi connectivity index (χ3v) is 2.43. The molecule has 19 heavy (non-hydrogen) atoms. The fourth-order valence-corrected chi connectivity index (χ4v) is 1.37. The van der Waals surface area contributed by atoms with Gasteiger partial charge < -0.3 is 15.7 Å². The van der Waals surface area contributed by atoms with Crippen molar-refractivity contribution in [2.45, 2.75) is 19.4 Å². The SMILES string of the molecule is CNc1nc(NC(C)(C)CO)nc(-n2ccnc2)n1. The predicted octanol–water partition coefficient (Wildman–Crippen LogP) is 0.282. The Balaban J connectivity index is 2.37. The van der Waals surface area contributed by atoms with Crippen molar-refractivity contribution < 1.29 is 5.11 Å². The monoisotopic (exact) mass is 263 g/mol. The Labute approximate surface area is 111 Å². The lowest BCUT2D eigenvalue weighted by Gasteiger charge is -2.23. The van der Waals surface area contributed by atoms with Gasteiger partial charge in [0.1, 0.15) is 6.33 Å². The van der Waals surface area contributed by atoms with Crippen molar-refractivity contribution >= 4 is 11.9 Å². The van der Waals surface area contributed by atoms with Gasteiger partial charge in [-0.3, -0.25) is 4.57 Å². The molecule has 2 heterocycles. The van der Waals surface area contributed by atoms with E-state index in [1.807, 2.05) is 13.8 Å². The first-order valence-electron chi connectivity index (χ1n) is 5.85. The van der Waals surface area contributed by atoms with Crippen molar-refractivity contribution in [2.75, 3.05) is 24.3 Å². The zero-order valence-electron chi connectivity index (χ0n) is 11.1. The smallest absolute Gasteiger partial charge is 0.241 e. The van der Waals surface area contributed by atoms with E-state index < -0.39 is 5.54 Å². The van der Waals surface area contributed by atoms with Crippen LogP contribution in [0.15, 0.2) is 18.7 Å². The molecule has 0 spiro atoms. The minimum atomic E-state index is -0.515. The number of nitrogens with one attached hydrogen (secondary N) is 2. The maximum atomic E-state index is 9.27. The number of hydrogen-bond acceptors (Lipinski definition) is 7. The Morgan fingerprint density at radius 3 is 2.58 bits per heavy atom. The van der Waals surface area contributed by atoms with Gasteiger partial charge in [-0.15, -0.1) is 0 Å². The van der Waals surface area contributed by atoms with E-state index in [9.17, 15) is 5.11 Å². The summed E-state index contributed by atoms with van der Waals surface area (Å²) >= 11 is 0. The van der Waals surface area contributed by atoms with Gasteiger partial charge in [-0.05, 0) is 13.8 Å². The fraction of sp³-hybridized carbons (Fsp3) is 0.455. The standard InChI is InChI=1S/C11H17N7O/c1-11(2,6-19)17-9-14-8(12-3)15-10(16-9)18-5-4-13-7-18/h4-5,7,19H,6H2,1-3H3,(H2,12,14,15,16,17). The first-order chi connectivity index (χ1) is 9.04. The van der Waals surface area contributed by atoms with Gasteiger partial charge in [-0.2, -0.15) is 15.0 Å². The Hall–Kier alpha value is -2.22. The van der Waals surface area contributed by atoms with Crippen LogP contribution in [0.4, 0.5) is 11.9 Å². The van der Waals surface area contributed by atoms with Gasteiger partial charge in [0.25, 0.3) is 0 Å². The quantitative estimate of drug-likeness (QED) is 0.712. The molecule has 0 atom stereocenters. The number of anilines is 2. The molecule has 0 unspecified atom stereocenters. The number of hydrogen-bond donors (Lipinski definition) is 3. The normalized spacial score (nSPS) is 11.4. The number of imidazole rings is 1. The van der Waals surface area contributed by atoms with E-state index in [1.54, 1.807) is 30.3 Å². The number of aliphatic hydroxyl groups excluding tert-OH is 1. The number of rotatable bonds is 5. The molecule has 3 N–H and O–H groups in total. The van der Waals surface area contributed by atoms with Crippen molar-refractivity contribution in [1.82, 2.24) is 24.5 Å². The van der Waals surface area contributed by atoms with Crippen LogP contribution in [0.5, 0.6) is 0 Å². The molecule has 0 saturated carbocycles. The summed E-state index contributed by atoms with van der Waals surface area (Å²) in [5, 5.41) is 15.2. The molecule has 0 aliphatic heterocycles. The molecule has 2 aromatic heterocycles. The summed E-state index contributed by atoms with van der Waals surface area (Å²) in [6.45, 7) is 3.67. The highest BCUT2D eigenvalue weighted by atomic mass is 16.3. The third-order valence-electron chi connectivity index (χ3n) is 2.43. The second-order valence-corrected chi connectivity index (χ2v) is 4.67. The van der Waals surface area contributed by atoms with Crippen LogP contribution in [0.3, 0.4) is 0 Å². The van der Waals surface area contributed by atoms with E-state index in [-0.39, 0.29) is 6.61 Å². The summed E-state index contributed by atoms with van der Waals surface area (Å²) in [4.78, 5) is 16.7. The highest BCUT2D eigenvalue weighted by molar-refractivity contribution is 5.39. The van der Waals surface area contributed by atoms with Crippen LogP contribution in [0, 0.1) is 0 Å². The molecule has 0 aliphatic carbocycles. The summed E-state index contributed by atoms with van der Waals surface area (Å²) in [5.41, 5.74) is -0.515. The zero-order valence-corrected chi connectivity index (χ0v) is 11.1. The summed E-state index contributed by atoms with van der Waals surface area (Å²) in [6, 6.07) is 0. The first kappa shape index (κ1) is 13.2. The van der Waals surface area contributed by atoms with E-state index in [2.05, 4.69) is 30.6 Å². The van der Waals surface area contributed by atoms with Crippen LogP contribution in [-0.2, 0) is 0 Å². The molecule has 0 radical (unpaired) electrons. The summed E-state index contributed by atoms with van der Waals surface area (Å²) < 4.78 is 1.68. The highest BCUT2D eigenvalue weighted by Gasteiger charge is 2.18. The number of aliphatic hydroxyl groups is 1. The average Bonchev–Trinajstić information content (AvgIpc) is 2.91. The topological polar surface area (TPSA) is 101 Å². The van der Waals surface area contributed by atoms with Crippen LogP contribution in [0.25, 0.3) is 5.95 Å². The van der Waals surface area contributed by atoms with Crippen molar-refractivity contribution in [2.24, 2.45) is 0 Å². The van der Waals surface area contributed by atoms with E-state index >= 15 is 0 Å². The lowest BCUT2D eigenvalue weighted by Crippen LogP contribution is -2.36. The molecular formula is C11H17N7O. The van der Waals surface area contributed by atoms with Crippen LogP contribution in [-0.4, -0.2) is 48.8 Å². The van der Waals surface area contributed by atoms with E-state index in [1.165, 1.54) is 0 Å². The molecule has 0 aromatic carbocycles. The number of aromatic nitrogens is 5. The van der Waals surface area contributed by atoms with Gasteiger partial charge in [0.15, 0.2) is 0 Å². The molecule has 8 heteroatoms. The molecule has 0 fully saturated rings. The van der Waals surface area contributed by atoms with Gasteiger partial charge in [0.2, 0.25) is 17.8 Å². The van der Waals surface area contributed by atoms with Gasteiger partial charge in [0.05, 0.1) is 12.1 Å². The first-order valence-corrected chi connectivity index (χ1v) is 5.85. The molecule has 102 valence electrons. The highest BCUT2D eigenvalue weighted by Crippen LogP contribution is 2.13. The molecule has 8 nitrogen and oxygen atoms in total. The largest absolute Gasteiger partial charge is 0.394 e. The molecule has 0 saturated heterocycles. The Bertz CT molecular complexity index is 538. The van der Waals surface area contributed by atoms with E-state index in [0.29, 0.717) is 17.8 Å². The van der Waals surface area contributed by atoms with Crippen molar-refractivity contribution in [1.29, 1.82) is 0 Å². The molecule has 2 aromatic rings. The maximum absolute atomic E-state index is 9.27. The minimum absolute atomic E-state index is 0.0338. The Morgan fingerprint density at radius 1 is 1.26 bits per heavy atom. The minimum Gasteiger partial charge on any atom is -0.394 e. The van der Waals surface area contributed by atoms with Gasteiger partial charge in [-0.25, -0.2) is 4.98 Å². The van der Waals surface area contributed by atoms with Crippen LogP contribution >= 0.6 is 0 Å². The molecule has 2 rings (SSSR count). The maximum Gasteiger partial charge on any atom is 0.241 e. The van der Waals surface area contributed by atoms with Crippen LogP contribution in [0.1, 0.15) is 13.8 Å². The second kappa shape index (κ2) is 5.19. The van der Waals surface area contributed by atoms with Crippen LogP contribution < -0.4 is 10.6 Å². The zero-order chi connectivity index (χ0) is 13.9. The molecule has 0 bridgehead atoms. The van der Waals surface area contributed by atoms with Gasteiger partial charge >= 0.3 is 0 Å². The predicted molar refractivity (Wildman–Crippen MR) is 71.3 cm³/mol. The molecule has 0 amide bonds. The Morgan fingerprint density at radius 2 is 2.00 bits per heavy atom. The van der Waals surface area contributed by atoms with Crippen molar-refractivity contribution in [3.63, 3.8) is 0 Å². The van der Waals surface area contributed by atoms with E-state index in [0.717, 1.165) is 0 Å². The lowest BCUT2D eigenvalue weighted by molar-refractivity contribution is 0.233. The summed E-state index contributed by atoms with van der Waals surface area (Å²) in [6.07, 6.45) is 5.00. The number of nitrogens with zero attached hydrogens (tertiary/aromatic N) is 5. The Kier molecular flexibility index (Phi) is 3.61. The average molecular weight is 263 g/mol. The second-order valence-electron chi connectivity index (χ2n) is 4.67. The summed E-state index contributed by atoms with van der Waals surface area (Å²) in [5.74, 6) is 1.28. The van der Waals surface area contributed by atoms with Crippen LogP contribution in [0.2, 0.25) is 0 Å². The van der Waals surface area contributed by atoms with E-state index in [4.69, 9.17) is 0 Å². The van der Waals surface area contributed by atoms with Crippen molar-refractivity contribution in [3.8, 4) is 5.95 Å². The fourth-order valence-electron chi connectivity index (χ4n) is 1.37. The van der Waals surface area contributed by atoms with Gasteiger partial charge in [-0.1, -0.05) is 0 Å². The summed E-state index contributed by atoms with van der Waals surface area (Å²) in [7, 11) is 1.73. The van der Waals surface area contributed by atoms with Crippen molar-refractivity contribution in [3.05, 3.63) is 18.7 Å².